The third kappa shape index (κ3) is 4.28. The fourth-order valence-electron chi connectivity index (χ4n) is 3.91. The van der Waals surface area contributed by atoms with Gasteiger partial charge < -0.3 is 15.0 Å². The van der Waals surface area contributed by atoms with Crippen molar-refractivity contribution in [2.75, 3.05) is 44.3 Å². The minimum atomic E-state index is -0.372. The lowest BCUT2D eigenvalue weighted by Gasteiger charge is -2.28. The van der Waals surface area contributed by atoms with Crippen LogP contribution in [0.1, 0.15) is 12.5 Å². The number of benzene rings is 1. The molecule has 4 rings (SSSR count). The van der Waals surface area contributed by atoms with Crippen LogP contribution < -0.4 is 21.5 Å². The molecule has 1 aliphatic rings. The number of ether oxygens (including phenoxy) is 1. The predicted octanol–water partition coefficient (Wildman–Crippen LogP) is 0.996. The molecule has 2 aromatic heterocycles. The molecule has 3 aromatic rings. The maximum absolute atomic E-state index is 13.5. The molecule has 0 unspecified atom stereocenters. The van der Waals surface area contributed by atoms with Crippen LogP contribution in [0.3, 0.4) is 0 Å². The van der Waals surface area contributed by atoms with Crippen LogP contribution in [0.4, 0.5) is 5.95 Å². The molecule has 0 amide bonds. The minimum absolute atomic E-state index is 0.215. The Kier molecular flexibility index (Phi) is 6.77. The van der Waals surface area contributed by atoms with Gasteiger partial charge >= 0.3 is 5.69 Å². The highest BCUT2D eigenvalue weighted by molar-refractivity contribution is 14.1. The van der Waals surface area contributed by atoms with Crippen molar-refractivity contribution in [3.8, 4) is 0 Å². The Morgan fingerprint density at radius 1 is 1.16 bits per heavy atom. The summed E-state index contributed by atoms with van der Waals surface area (Å²) in [4.78, 5) is 33.4. The molecule has 0 aliphatic carbocycles. The number of imidazole rings is 1. The monoisotopic (exact) mass is 538 g/mol. The van der Waals surface area contributed by atoms with Gasteiger partial charge in [-0.2, -0.15) is 4.98 Å². The van der Waals surface area contributed by atoms with Crippen molar-refractivity contribution >= 4 is 39.7 Å². The van der Waals surface area contributed by atoms with Gasteiger partial charge in [0.05, 0.1) is 19.7 Å². The van der Waals surface area contributed by atoms with Gasteiger partial charge in [-0.1, -0.05) is 18.2 Å². The number of rotatable bonds is 7. The van der Waals surface area contributed by atoms with E-state index in [-0.39, 0.29) is 17.8 Å². The second-order valence-corrected chi connectivity index (χ2v) is 8.66. The van der Waals surface area contributed by atoms with Crippen LogP contribution in [-0.4, -0.2) is 58.1 Å². The Labute approximate surface area is 193 Å². The summed E-state index contributed by atoms with van der Waals surface area (Å²) >= 11 is 2.31. The number of fused-ring (bicyclic) bond motifs is 1. The molecule has 0 spiro atoms. The number of hydrogen-bond donors (Lipinski definition) is 1. The van der Waals surface area contributed by atoms with E-state index in [2.05, 4.69) is 44.9 Å². The van der Waals surface area contributed by atoms with E-state index in [1.54, 1.807) is 7.05 Å². The first-order chi connectivity index (χ1) is 15.0. The lowest BCUT2D eigenvalue weighted by atomic mass is 10.2. The summed E-state index contributed by atoms with van der Waals surface area (Å²) in [5.41, 5.74) is 1.28. The Morgan fingerprint density at radius 2 is 1.90 bits per heavy atom. The standard InChI is InChI=1S/C21H27IN6O3/c1-3-31-13-12-27-19(29)17-18(25(2)21(27)30)24-20(26-10-8-23-9-11-26)28(17)14-15-6-4-5-7-16(15)22/h4-7,23H,3,8-14H2,1-2H3. The molecule has 3 heterocycles. The molecule has 1 fully saturated rings. The molecule has 1 aliphatic heterocycles. The largest absolute Gasteiger partial charge is 0.380 e. The number of anilines is 1. The zero-order chi connectivity index (χ0) is 22.0. The Balaban J connectivity index is 1.92. The normalized spacial score (nSPS) is 14.5. The third-order valence-corrected chi connectivity index (χ3v) is 6.61. The molecule has 1 N–H and O–H groups in total. The van der Waals surface area contributed by atoms with Crippen molar-refractivity contribution in [3.63, 3.8) is 0 Å². The van der Waals surface area contributed by atoms with Crippen LogP contribution in [0.5, 0.6) is 0 Å². The number of halogens is 1. The highest BCUT2D eigenvalue weighted by Crippen LogP contribution is 2.23. The van der Waals surface area contributed by atoms with Crippen LogP contribution in [0.15, 0.2) is 33.9 Å². The maximum Gasteiger partial charge on any atom is 0.332 e. The number of aryl methyl sites for hydroxylation is 1. The van der Waals surface area contributed by atoms with E-state index in [9.17, 15) is 9.59 Å². The molecule has 1 aromatic carbocycles. The van der Waals surface area contributed by atoms with Gasteiger partial charge in [0.1, 0.15) is 0 Å². The van der Waals surface area contributed by atoms with Gasteiger partial charge in [-0.15, -0.1) is 0 Å². The first kappa shape index (κ1) is 22.0. The first-order valence-electron chi connectivity index (χ1n) is 10.5. The summed E-state index contributed by atoms with van der Waals surface area (Å²) in [6.45, 7) is 6.75. The maximum atomic E-state index is 13.5. The highest BCUT2D eigenvalue weighted by Gasteiger charge is 2.24. The van der Waals surface area contributed by atoms with Crippen molar-refractivity contribution in [3.05, 3.63) is 54.2 Å². The van der Waals surface area contributed by atoms with E-state index >= 15 is 0 Å². The second-order valence-electron chi connectivity index (χ2n) is 7.49. The van der Waals surface area contributed by atoms with Gasteiger partial charge in [-0.25, -0.2) is 4.79 Å². The molecule has 31 heavy (non-hydrogen) atoms. The quantitative estimate of drug-likeness (QED) is 0.357. The van der Waals surface area contributed by atoms with Crippen LogP contribution in [0.25, 0.3) is 11.2 Å². The van der Waals surface area contributed by atoms with Crippen molar-refractivity contribution < 1.29 is 4.74 Å². The van der Waals surface area contributed by atoms with Gasteiger partial charge in [0.25, 0.3) is 5.56 Å². The molecule has 10 heteroatoms. The topological polar surface area (TPSA) is 86.3 Å². The number of nitrogens with one attached hydrogen (secondary N) is 1. The van der Waals surface area contributed by atoms with Gasteiger partial charge in [0.15, 0.2) is 11.2 Å². The van der Waals surface area contributed by atoms with Gasteiger partial charge in [0.2, 0.25) is 5.95 Å². The fraction of sp³-hybridized carbons (Fsp3) is 0.476. The summed E-state index contributed by atoms with van der Waals surface area (Å²) in [6, 6.07) is 8.11. The first-order valence-corrected chi connectivity index (χ1v) is 11.6. The minimum Gasteiger partial charge on any atom is -0.380 e. The lowest BCUT2D eigenvalue weighted by molar-refractivity contribution is 0.137. The van der Waals surface area contributed by atoms with E-state index in [0.717, 1.165) is 41.3 Å². The number of aromatic nitrogens is 4. The molecule has 0 atom stereocenters. The summed E-state index contributed by atoms with van der Waals surface area (Å²) in [7, 11) is 1.67. The van der Waals surface area contributed by atoms with Crippen LogP contribution in [0, 0.1) is 3.57 Å². The fourth-order valence-corrected chi connectivity index (χ4v) is 4.47. The van der Waals surface area contributed by atoms with Crippen LogP contribution >= 0.6 is 22.6 Å². The number of nitrogens with zero attached hydrogens (tertiary/aromatic N) is 5. The van der Waals surface area contributed by atoms with Crippen molar-refractivity contribution in [1.29, 1.82) is 0 Å². The molecular formula is C21H27IN6O3. The van der Waals surface area contributed by atoms with Crippen molar-refractivity contribution in [1.82, 2.24) is 24.0 Å². The Bertz CT molecular complexity index is 1190. The predicted molar refractivity (Wildman–Crippen MR) is 129 cm³/mol. The summed E-state index contributed by atoms with van der Waals surface area (Å²) in [6.07, 6.45) is 0. The van der Waals surface area contributed by atoms with Crippen molar-refractivity contribution in [2.24, 2.45) is 7.05 Å². The second kappa shape index (κ2) is 9.53. The SMILES string of the molecule is CCOCCn1c(=O)c2c(nc(N3CCNCC3)n2Cc2ccccc2I)n(C)c1=O. The number of piperazine rings is 1. The molecular weight excluding hydrogens is 511 g/mol. The zero-order valence-electron chi connectivity index (χ0n) is 17.8. The third-order valence-electron chi connectivity index (χ3n) is 5.56. The van der Waals surface area contributed by atoms with E-state index in [1.165, 1.54) is 9.13 Å². The Morgan fingerprint density at radius 3 is 2.61 bits per heavy atom. The molecule has 0 bridgehead atoms. The summed E-state index contributed by atoms with van der Waals surface area (Å²) < 4.78 is 11.2. The van der Waals surface area contributed by atoms with Gasteiger partial charge in [-0.05, 0) is 41.1 Å². The number of hydrogen-bond acceptors (Lipinski definition) is 6. The summed E-state index contributed by atoms with van der Waals surface area (Å²) in [5, 5.41) is 3.35. The molecule has 0 saturated carbocycles. The van der Waals surface area contributed by atoms with Crippen molar-refractivity contribution in [2.45, 2.75) is 20.0 Å². The average molecular weight is 538 g/mol. The summed E-state index contributed by atoms with van der Waals surface area (Å²) in [5.74, 6) is 0.728. The van der Waals surface area contributed by atoms with E-state index in [4.69, 9.17) is 9.72 Å². The van der Waals surface area contributed by atoms with E-state index in [1.807, 2.05) is 23.6 Å². The van der Waals surface area contributed by atoms with E-state index in [0.29, 0.717) is 30.9 Å². The van der Waals surface area contributed by atoms with E-state index < -0.39 is 0 Å². The van der Waals surface area contributed by atoms with Gasteiger partial charge in [0, 0.05) is 43.4 Å². The molecule has 166 valence electrons. The smallest absolute Gasteiger partial charge is 0.332 e. The zero-order valence-corrected chi connectivity index (χ0v) is 20.0. The molecule has 1 saturated heterocycles. The highest BCUT2D eigenvalue weighted by atomic mass is 127. The average Bonchev–Trinajstić information content (AvgIpc) is 3.16. The molecule has 0 radical (unpaired) electrons. The molecule has 9 nitrogen and oxygen atoms in total. The van der Waals surface area contributed by atoms with Crippen LogP contribution in [-0.2, 0) is 24.9 Å². The Hall–Kier alpha value is -2.18. The van der Waals surface area contributed by atoms with Gasteiger partial charge in [-0.3, -0.25) is 18.5 Å². The lowest BCUT2D eigenvalue weighted by Crippen LogP contribution is -2.44. The van der Waals surface area contributed by atoms with Crippen LogP contribution in [0.2, 0.25) is 0 Å².